The highest BCUT2D eigenvalue weighted by atomic mass is 35.5. The summed E-state index contributed by atoms with van der Waals surface area (Å²) in [5.74, 6) is 0. The van der Waals surface area contributed by atoms with E-state index in [9.17, 15) is 0 Å². The number of aliphatic hydroxyl groups excluding tert-OH is 1. The van der Waals surface area contributed by atoms with E-state index in [0.29, 0.717) is 6.54 Å². The van der Waals surface area contributed by atoms with E-state index >= 15 is 0 Å². The quantitative estimate of drug-likeness (QED) is 0.806. The van der Waals surface area contributed by atoms with Gasteiger partial charge >= 0.3 is 0 Å². The Balaban J connectivity index is 0. The number of hydrogen-bond acceptors (Lipinski definition) is 3. The molecule has 88 valence electrons. The highest BCUT2D eigenvalue weighted by molar-refractivity contribution is 5.85. The van der Waals surface area contributed by atoms with Crippen LogP contribution in [0.5, 0.6) is 0 Å². The van der Waals surface area contributed by atoms with Crippen molar-refractivity contribution in [3.05, 3.63) is 24.3 Å². The standard InChI is InChI=1S/C10H16N2O.2ClH/c1-2-12(7-8-13)10-5-3-9(11)4-6-10;;/h3-6,13H,2,7-8,11H2,1H3;2*1H. The largest absolute Gasteiger partial charge is 0.399 e. The second-order valence-corrected chi connectivity index (χ2v) is 2.89. The van der Waals surface area contributed by atoms with E-state index in [1.54, 1.807) is 0 Å². The molecule has 5 heteroatoms. The molecule has 0 saturated carbocycles. The van der Waals surface area contributed by atoms with E-state index in [1.165, 1.54) is 0 Å². The third-order valence-electron chi connectivity index (χ3n) is 2.01. The molecule has 0 aliphatic heterocycles. The fourth-order valence-electron chi connectivity index (χ4n) is 1.28. The van der Waals surface area contributed by atoms with Gasteiger partial charge in [-0.1, -0.05) is 0 Å². The molecule has 0 fully saturated rings. The third-order valence-corrected chi connectivity index (χ3v) is 2.01. The molecule has 1 rings (SSSR count). The third kappa shape index (κ3) is 5.11. The minimum Gasteiger partial charge on any atom is -0.399 e. The summed E-state index contributed by atoms with van der Waals surface area (Å²) in [6.07, 6.45) is 0. The first-order valence-electron chi connectivity index (χ1n) is 4.49. The number of hydrogen-bond donors (Lipinski definition) is 2. The predicted molar refractivity (Wildman–Crippen MR) is 70.3 cm³/mol. The summed E-state index contributed by atoms with van der Waals surface area (Å²) >= 11 is 0. The number of anilines is 2. The summed E-state index contributed by atoms with van der Waals surface area (Å²) in [6.45, 7) is 3.80. The van der Waals surface area contributed by atoms with Crippen LogP contribution in [0.25, 0.3) is 0 Å². The van der Waals surface area contributed by atoms with Crippen LogP contribution in [0.15, 0.2) is 24.3 Å². The first-order valence-corrected chi connectivity index (χ1v) is 4.49. The lowest BCUT2D eigenvalue weighted by Gasteiger charge is -2.21. The van der Waals surface area contributed by atoms with Crippen LogP contribution in [-0.4, -0.2) is 24.8 Å². The molecular weight excluding hydrogens is 235 g/mol. The maximum Gasteiger partial charge on any atom is 0.0606 e. The summed E-state index contributed by atoms with van der Waals surface area (Å²) in [7, 11) is 0. The van der Waals surface area contributed by atoms with Crippen LogP contribution in [-0.2, 0) is 0 Å². The molecule has 0 aromatic heterocycles. The molecule has 0 saturated heterocycles. The number of halogens is 2. The minimum atomic E-state index is 0. The minimum absolute atomic E-state index is 0. The van der Waals surface area contributed by atoms with Gasteiger partial charge in [0.05, 0.1) is 6.61 Å². The van der Waals surface area contributed by atoms with E-state index in [0.717, 1.165) is 17.9 Å². The average Bonchev–Trinajstić information content (AvgIpc) is 2.16. The lowest BCUT2D eigenvalue weighted by Crippen LogP contribution is -2.25. The molecule has 0 bridgehead atoms. The van der Waals surface area contributed by atoms with Gasteiger partial charge in [0.15, 0.2) is 0 Å². The highest BCUT2D eigenvalue weighted by Crippen LogP contribution is 2.15. The van der Waals surface area contributed by atoms with Crippen LogP contribution in [0, 0.1) is 0 Å². The maximum atomic E-state index is 8.82. The Morgan fingerprint density at radius 1 is 1.20 bits per heavy atom. The number of nitrogens with two attached hydrogens (primary N) is 1. The monoisotopic (exact) mass is 252 g/mol. The highest BCUT2D eigenvalue weighted by Gasteiger charge is 2.01. The molecule has 0 unspecified atom stereocenters. The summed E-state index contributed by atoms with van der Waals surface area (Å²) in [6, 6.07) is 7.67. The van der Waals surface area contributed by atoms with Gasteiger partial charge in [0.2, 0.25) is 0 Å². The molecule has 0 heterocycles. The SMILES string of the molecule is CCN(CCO)c1ccc(N)cc1.Cl.Cl. The van der Waals surface area contributed by atoms with Gasteiger partial charge in [0.25, 0.3) is 0 Å². The fraction of sp³-hybridized carbons (Fsp3) is 0.400. The molecule has 0 radical (unpaired) electrons. The first kappa shape index (κ1) is 16.8. The molecule has 0 aliphatic rings. The van der Waals surface area contributed by atoms with Crippen molar-refractivity contribution in [1.82, 2.24) is 0 Å². The van der Waals surface area contributed by atoms with E-state index in [1.807, 2.05) is 24.3 Å². The summed E-state index contributed by atoms with van der Waals surface area (Å²) in [5.41, 5.74) is 7.44. The van der Waals surface area contributed by atoms with Crippen molar-refractivity contribution >= 4 is 36.2 Å². The topological polar surface area (TPSA) is 49.5 Å². The van der Waals surface area contributed by atoms with E-state index < -0.39 is 0 Å². The van der Waals surface area contributed by atoms with Gasteiger partial charge in [-0.15, -0.1) is 24.8 Å². The zero-order chi connectivity index (χ0) is 9.68. The number of benzene rings is 1. The van der Waals surface area contributed by atoms with Gasteiger partial charge < -0.3 is 15.7 Å². The molecular formula is C10H18Cl2N2O. The Morgan fingerprint density at radius 3 is 2.13 bits per heavy atom. The van der Waals surface area contributed by atoms with E-state index in [-0.39, 0.29) is 31.4 Å². The lowest BCUT2D eigenvalue weighted by molar-refractivity contribution is 0.302. The zero-order valence-electron chi connectivity index (χ0n) is 8.72. The van der Waals surface area contributed by atoms with Crippen LogP contribution in [0.3, 0.4) is 0 Å². The second kappa shape index (κ2) is 8.65. The summed E-state index contributed by atoms with van der Waals surface area (Å²) in [5, 5.41) is 8.82. The van der Waals surface area contributed by atoms with Gasteiger partial charge in [-0.2, -0.15) is 0 Å². The zero-order valence-corrected chi connectivity index (χ0v) is 10.4. The van der Waals surface area contributed by atoms with Crippen molar-refractivity contribution in [2.24, 2.45) is 0 Å². The van der Waals surface area contributed by atoms with Crippen LogP contribution < -0.4 is 10.6 Å². The molecule has 0 amide bonds. The Hall–Kier alpha value is -0.640. The van der Waals surface area contributed by atoms with Crippen molar-refractivity contribution in [2.45, 2.75) is 6.92 Å². The molecule has 3 N–H and O–H groups in total. The Kier molecular flexibility index (Phi) is 9.68. The van der Waals surface area contributed by atoms with Crippen molar-refractivity contribution in [3.63, 3.8) is 0 Å². The normalized spacial score (nSPS) is 8.67. The Labute approximate surface area is 103 Å². The molecule has 0 atom stereocenters. The Bertz CT molecular complexity index is 254. The molecule has 1 aromatic rings. The van der Waals surface area contributed by atoms with Crippen LogP contribution in [0.2, 0.25) is 0 Å². The van der Waals surface area contributed by atoms with Gasteiger partial charge in [0.1, 0.15) is 0 Å². The fourth-order valence-corrected chi connectivity index (χ4v) is 1.28. The van der Waals surface area contributed by atoms with Crippen molar-refractivity contribution in [2.75, 3.05) is 30.3 Å². The molecule has 3 nitrogen and oxygen atoms in total. The van der Waals surface area contributed by atoms with Crippen molar-refractivity contribution in [3.8, 4) is 0 Å². The van der Waals surface area contributed by atoms with E-state index in [2.05, 4.69) is 11.8 Å². The van der Waals surface area contributed by atoms with Crippen molar-refractivity contribution < 1.29 is 5.11 Å². The molecule has 1 aromatic carbocycles. The number of nitrogen functional groups attached to an aromatic ring is 1. The smallest absolute Gasteiger partial charge is 0.0606 e. The molecule has 0 aliphatic carbocycles. The van der Waals surface area contributed by atoms with Gasteiger partial charge in [-0.3, -0.25) is 0 Å². The summed E-state index contributed by atoms with van der Waals surface area (Å²) in [4.78, 5) is 2.10. The van der Waals surface area contributed by atoms with Crippen LogP contribution in [0.4, 0.5) is 11.4 Å². The maximum absolute atomic E-state index is 8.82. The molecule has 0 spiro atoms. The number of aliphatic hydroxyl groups is 1. The Morgan fingerprint density at radius 2 is 1.73 bits per heavy atom. The van der Waals surface area contributed by atoms with Gasteiger partial charge in [-0.25, -0.2) is 0 Å². The van der Waals surface area contributed by atoms with E-state index in [4.69, 9.17) is 10.8 Å². The molecule has 15 heavy (non-hydrogen) atoms. The van der Waals surface area contributed by atoms with Crippen LogP contribution >= 0.6 is 24.8 Å². The second-order valence-electron chi connectivity index (χ2n) is 2.89. The number of nitrogens with zero attached hydrogens (tertiary/aromatic N) is 1. The number of likely N-dealkylation sites (N-methyl/N-ethyl adjacent to an activating group) is 1. The first-order chi connectivity index (χ1) is 6.27. The summed E-state index contributed by atoms with van der Waals surface area (Å²) < 4.78 is 0. The lowest BCUT2D eigenvalue weighted by atomic mass is 10.2. The average molecular weight is 253 g/mol. The van der Waals surface area contributed by atoms with Gasteiger partial charge in [-0.05, 0) is 31.2 Å². The van der Waals surface area contributed by atoms with Crippen LogP contribution in [0.1, 0.15) is 6.92 Å². The van der Waals surface area contributed by atoms with Crippen molar-refractivity contribution in [1.29, 1.82) is 0 Å². The predicted octanol–water partition coefficient (Wildman–Crippen LogP) is 1.93. The van der Waals surface area contributed by atoms with Gasteiger partial charge in [0, 0.05) is 24.5 Å². The number of rotatable bonds is 4.